The molecule has 2 heterocycles. The molecule has 4 heteroatoms. The van der Waals surface area contributed by atoms with Crippen molar-refractivity contribution in [3.63, 3.8) is 0 Å². The molecule has 0 radical (unpaired) electrons. The predicted octanol–water partition coefficient (Wildman–Crippen LogP) is 2.56. The third-order valence-electron chi connectivity index (χ3n) is 1.74. The van der Waals surface area contributed by atoms with Crippen LogP contribution in [0.4, 0.5) is 0 Å². The zero-order valence-corrected chi connectivity index (χ0v) is 8.26. The van der Waals surface area contributed by atoms with E-state index in [1.54, 1.807) is 7.11 Å². The Bertz CT molecular complexity index is 307. The van der Waals surface area contributed by atoms with Gasteiger partial charge < -0.3 is 4.52 Å². The molecule has 0 fully saturated rings. The first kappa shape index (κ1) is 8.54. The summed E-state index contributed by atoms with van der Waals surface area (Å²) in [7, 11) is 0.987. The van der Waals surface area contributed by atoms with Gasteiger partial charge in [-0.1, -0.05) is 0 Å². The second-order valence-electron chi connectivity index (χ2n) is 2.56. The van der Waals surface area contributed by atoms with Crippen LogP contribution < -0.4 is 0 Å². The third-order valence-corrected chi connectivity index (χ3v) is 3.39. The number of nitrogens with zero attached hydrogens (tertiary/aromatic N) is 2. The zero-order chi connectivity index (χ0) is 9.10. The summed E-state index contributed by atoms with van der Waals surface area (Å²) in [5, 5.41) is 0. The maximum absolute atomic E-state index is 5.43. The maximum atomic E-state index is 5.43. The summed E-state index contributed by atoms with van der Waals surface area (Å²) in [6.45, 7) is 0. The Hall–Kier alpha value is -1.05. The summed E-state index contributed by atoms with van der Waals surface area (Å²) in [6, 6.07) is 7.99. The van der Waals surface area contributed by atoms with Gasteiger partial charge in [0.05, 0.1) is 0 Å². The topological polar surface area (TPSA) is 19.1 Å². The smallest absolute Gasteiger partial charge is 0.255 e. The molecule has 0 unspecified atom stereocenters. The Morgan fingerprint density at radius 2 is 1.23 bits per heavy atom. The molecule has 2 aromatic rings. The van der Waals surface area contributed by atoms with E-state index in [0.717, 1.165) is 0 Å². The van der Waals surface area contributed by atoms with Crippen molar-refractivity contribution in [3.8, 4) is 0 Å². The molecule has 0 saturated heterocycles. The molecule has 3 nitrogen and oxygen atoms in total. The van der Waals surface area contributed by atoms with Crippen molar-refractivity contribution >= 4 is 8.45 Å². The van der Waals surface area contributed by atoms with E-state index in [-0.39, 0.29) is 0 Å². The fraction of sp³-hybridized carbons (Fsp3) is 0.111. The Balaban J connectivity index is 2.29. The second-order valence-corrected chi connectivity index (χ2v) is 4.36. The molecule has 2 rings (SSSR count). The number of aromatic nitrogens is 2. The van der Waals surface area contributed by atoms with Gasteiger partial charge in [0.25, 0.3) is 8.45 Å². The molecule has 68 valence electrons. The highest BCUT2D eigenvalue weighted by Gasteiger charge is 2.09. The first-order valence-corrected chi connectivity index (χ1v) is 5.19. The highest BCUT2D eigenvalue weighted by atomic mass is 31.2. The summed E-state index contributed by atoms with van der Waals surface area (Å²) in [6.07, 6.45) is 8.04. The zero-order valence-electron chi connectivity index (χ0n) is 7.37. The molecule has 0 N–H and O–H groups in total. The Labute approximate surface area is 78.5 Å². The molecule has 13 heavy (non-hydrogen) atoms. The van der Waals surface area contributed by atoms with E-state index >= 15 is 0 Å². The van der Waals surface area contributed by atoms with Crippen molar-refractivity contribution in [1.29, 1.82) is 0 Å². The van der Waals surface area contributed by atoms with Crippen LogP contribution in [0.3, 0.4) is 0 Å². The molecule has 0 bridgehead atoms. The van der Waals surface area contributed by atoms with E-state index < -0.39 is 8.45 Å². The standard InChI is InChI=1S/C9H11N2OP/c1-12-13(10-6-2-3-7-10)11-8-4-5-9-11/h2-9H,1H3. The molecule has 0 atom stereocenters. The summed E-state index contributed by atoms with van der Waals surface area (Å²) >= 11 is 0. The largest absolute Gasteiger partial charge is 0.325 e. The predicted molar refractivity (Wildman–Crippen MR) is 53.6 cm³/mol. The van der Waals surface area contributed by atoms with Crippen molar-refractivity contribution in [2.24, 2.45) is 0 Å². The van der Waals surface area contributed by atoms with Crippen LogP contribution in [0.25, 0.3) is 0 Å². The first-order valence-electron chi connectivity index (χ1n) is 4.02. The average Bonchev–Trinajstić information content (AvgIpc) is 2.76. The van der Waals surface area contributed by atoms with Crippen LogP contribution in [0.5, 0.6) is 0 Å². The normalized spacial score (nSPS) is 10.9. The fourth-order valence-electron chi connectivity index (χ4n) is 1.19. The summed E-state index contributed by atoms with van der Waals surface area (Å²) in [4.78, 5) is 0. The van der Waals surface area contributed by atoms with E-state index in [1.807, 2.05) is 49.1 Å². The number of rotatable bonds is 3. The minimum Gasteiger partial charge on any atom is -0.325 e. The second kappa shape index (κ2) is 3.77. The van der Waals surface area contributed by atoms with Crippen molar-refractivity contribution in [1.82, 2.24) is 8.68 Å². The molecule has 0 amide bonds. The molecule has 0 aliphatic rings. The van der Waals surface area contributed by atoms with Crippen molar-refractivity contribution in [2.45, 2.75) is 0 Å². The van der Waals surface area contributed by atoms with Crippen LogP contribution in [0.1, 0.15) is 0 Å². The maximum Gasteiger partial charge on any atom is 0.255 e. The van der Waals surface area contributed by atoms with Gasteiger partial charge in [-0.25, -0.2) is 0 Å². The molecule has 0 saturated carbocycles. The minimum atomic E-state index is -0.741. The Kier molecular flexibility index (Phi) is 2.48. The lowest BCUT2D eigenvalue weighted by Gasteiger charge is -2.16. The SMILES string of the molecule is COP(n1cccc1)n1cccc1. The quantitative estimate of drug-likeness (QED) is 0.687. The molecule has 0 aliphatic heterocycles. The Morgan fingerprint density at radius 3 is 1.54 bits per heavy atom. The molecular formula is C9H11N2OP. The van der Waals surface area contributed by atoms with Crippen LogP contribution in [-0.2, 0) is 4.52 Å². The van der Waals surface area contributed by atoms with Gasteiger partial charge in [-0.2, -0.15) is 0 Å². The van der Waals surface area contributed by atoms with Gasteiger partial charge in [0, 0.05) is 31.9 Å². The molecule has 2 aromatic heterocycles. The molecule has 0 aromatic carbocycles. The van der Waals surface area contributed by atoms with Gasteiger partial charge in [0.2, 0.25) is 0 Å². The summed E-state index contributed by atoms with van der Waals surface area (Å²) < 4.78 is 9.56. The Morgan fingerprint density at radius 1 is 0.846 bits per heavy atom. The van der Waals surface area contributed by atoms with Crippen molar-refractivity contribution in [2.75, 3.05) is 7.11 Å². The minimum absolute atomic E-state index is 0.741. The number of hydrogen-bond donors (Lipinski definition) is 0. The van der Waals surface area contributed by atoms with Gasteiger partial charge in [-0.05, 0) is 24.3 Å². The molecule has 0 aliphatic carbocycles. The monoisotopic (exact) mass is 194 g/mol. The van der Waals surface area contributed by atoms with Crippen LogP contribution in [-0.4, -0.2) is 15.8 Å². The summed E-state index contributed by atoms with van der Waals surface area (Å²) in [5.74, 6) is 0. The first-order chi connectivity index (χ1) is 6.42. The number of hydrogen-bond acceptors (Lipinski definition) is 1. The average molecular weight is 194 g/mol. The van der Waals surface area contributed by atoms with Gasteiger partial charge in [0.15, 0.2) is 0 Å². The fourth-order valence-corrected chi connectivity index (χ4v) is 2.57. The van der Waals surface area contributed by atoms with E-state index in [9.17, 15) is 0 Å². The lowest BCUT2D eigenvalue weighted by Crippen LogP contribution is -1.98. The van der Waals surface area contributed by atoms with Crippen LogP contribution in [0.15, 0.2) is 49.1 Å². The lowest BCUT2D eigenvalue weighted by atomic mass is 10.7. The molecule has 0 spiro atoms. The van der Waals surface area contributed by atoms with Gasteiger partial charge in [0.1, 0.15) is 0 Å². The molecular weight excluding hydrogens is 183 g/mol. The van der Waals surface area contributed by atoms with Gasteiger partial charge in [-0.15, -0.1) is 0 Å². The van der Waals surface area contributed by atoms with Crippen molar-refractivity contribution in [3.05, 3.63) is 49.1 Å². The highest BCUT2D eigenvalue weighted by Crippen LogP contribution is 2.38. The summed E-state index contributed by atoms with van der Waals surface area (Å²) in [5.41, 5.74) is 0. The highest BCUT2D eigenvalue weighted by molar-refractivity contribution is 7.49. The van der Waals surface area contributed by atoms with E-state index in [4.69, 9.17) is 4.52 Å². The third kappa shape index (κ3) is 1.67. The van der Waals surface area contributed by atoms with Crippen LogP contribution >= 0.6 is 8.45 Å². The van der Waals surface area contributed by atoms with Gasteiger partial charge >= 0.3 is 0 Å². The van der Waals surface area contributed by atoms with Gasteiger partial charge in [-0.3, -0.25) is 8.68 Å². The van der Waals surface area contributed by atoms with Crippen molar-refractivity contribution < 1.29 is 4.52 Å². The van der Waals surface area contributed by atoms with E-state index in [0.29, 0.717) is 0 Å². The lowest BCUT2D eigenvalue weighted by molar-refractivity contribution is 0.447. The van der Waals surface area contributed by atoms with Crippen LogP contribution in [0.2, 0.25) is 0 Å². The van der Waals surface area contributed by atoms with Crippen LogP contribution in [0, 0.1) is 0 Å². The van der Waals surface area contributed by atoms with E-state index in [1.165, 1.54) is 0 Å². The van der Waals surface area contributed by atoms with E-state index in [2.05, 4.69) is 8.68 Å².